The third-order valence-corrected chi connectivity index (χ3v) is 4.85. The first-order valence-electron chi connectivity index (χ1n) is 8.27. The average Bonchev–Trinajstić information content (AvgIpc) is 3.17. The van der Waals surface area contributed by atoms with Gasteiger partial charge in [0.15, 0.2) is 0 Å². The molecule has 0 spiro atoms. The van der Waals surface area contributed by atoms with Crippen molar-refractivity contribution in [1.82, 2.24) is 10.6 Å². The molecule has 1 saturated carbocycles. The maximum absolute atomic E-state index is 13.1. The van der Waals surface area contributed by atoms with E-state index in [0.717, 1.165) is 31.2 Å². The first kappa shape index (κ1) is 16.0. The predicted molar refractivity (Wildman–Crippen MR) is 86.6 cm³/mol. The van der Waals surface area contributed by atoms with Crippen LogP contribution in [0.1, 0.15) is 37.2 Å². The molecule has 1 aromatic rings. The fourth-order valence-corrected chi connectivity index (χ4v) is 3.64. The zero-order valence-corrected chi connectivity index (χ0v) is 13.0. The molecule has 0 aromatic heterocycles. The molecular weight excluding hydrogens is 295 g/mol. The van der Waals surface area contributed by atoms with Gasteiger partial charge in [0.25, 0.3) is 0 Å². The van der Waals surface area contributed by atoms with Crippen LogP contribution in [0.2, 0.25) is 0 Å². The van der Waals surface area contributed by atoms with E-state index in [0.29, 0.717) is 0 Å². The zero-order chi connectivity index (χ0) is 16.2. The molecule has 2 aliphatic carbocycles. The lowest BCUT2D eigenvalue weighted by atomic mass is 9.94. The highest BCUT2D eigenvalue weighted by molar-refractivity contribution is 5.75. The lowest BCUT2D eigenvalue weighted by molar-refractivity contribution is 0.227. The number of aliphatic hydroxyl groups is 1. The van der Waals surface area contributed by atoms with E-state index in [-0.39, 0.29) is 42.4 Å². The van der Waals surface area contributed by atoms with Crippen LogP contribution >= 0.6 is 0 Å². The Kier molecular flexibility index (Phi) is 4.96. The van der Waals surface area contributed by atoms with E-state index >= 15 is 0 Å². The number of aliphatic hydroxyl groups excluding tert-OH is 1. The van der Waals surface area contributed by atoms with E-state index in [1.54, 1.807) is 0 Å². The van der Waals surface area contributed by atoms with E-state index < -0.39 is 0 Å². The second-order valence-electron chi connectivity index (χ2n) is 6.48. The van der Waals surface area contributed by atoms with Crippen molar-refractivity contribution < 1.29 is 14.3 Å². The molecule has 3 rings (SSSR count). The number of benzene rings is 1. The lowest BCUT2D eigenvalue weighted by Gasteiger charge is -2.23. The molecule has 4 nitrogen and oxygen atoms in total. The molecule has 0 saturated heterocycles. The van der Waals surface area contributed by atoms with Crippen molar-refractivity contribution in [3.05, 3.63) is 47.8 Å². The number of halogens is 1. The molecular formula is C18H23FN2O2. The number of amides is 2. The molecule has 1 aromatic carbocycles. The van der Waals surface area contributed by atoms with E-state index in [2.05, 4.69) is 10.6 Å². The van der Waals surface area contributed by atoms with Gasteiger partial charge in [0.2, 0.25) is 0 Å². The number of rotatable bonds is 4. The summed E-state index contributed by atoms with van der Waals surface area (Å²) in [7, 11) is 0. The fraction of sp³-hybridized carbons (Fsp3) is 0.500. The van der Waals surface area contributed by atoms with Crippen LogP contribution in [0.4, 0.5) is 9.18 Å². The van der Waals surface area contributed by atoms with Crippen LogP contribution in [0, 0.1) is 11.7 Å². The summed E-state index contributed by atoms with van der Waals surface area (Å²) in [5.41, 5.74) is 1.08. The molecule has 0 bridgehead atoms. The van der Waals surface area contributed by atoms with Crippen molar-refractivity contribution in [2.75, 3.05) is 6.61 Å². The van der Waals surface area contributed by atoms with Crippen LogP contribution in [-0.2, 0) is 0 Å². The van der Waals surface area contributed by atoms with E-state index in [9.17, 15) is 9.18 Å². The summed E-state index contributed by atoms with van der Waals surface area (Å²) in [6.45, 7) is 0.117. The summed E-state index contributed by atoms with van der Waals surface area (Å²) in [6.07, 6.45) is 7.63. The van der Waals surface area contributed by atoms with Gasteiger partial charge in [-0.1, -0.05) is 30.7 Å². The van der Waals surface area contributed by atoms with Gasteiger partial charge in [-0.3, -0.25) is 0 Å². The van der Waals surface area contributed by atoms with Crippen LogP contribution < -0.4 is 10.6 Å². The summed E-state index contributed by atoms with van der Waals surface area (Å²) in [4.78, 5) is 12.2. The summed E-state index contributed by atoms with van der Waals surface area (Å²) in [5.74, 6) is 0.143. The van der Waals surface area contributed by atoms with Crippen LogP contribution in [0.5, 0.6) is 0 Å². The molecule has 23 heavy (non-hydrogen) atoms. The van der Waals surface area contributed by atoms with Crippen molar-refractivity contribution in [3.63, 3.8) is 0 Å². The van der Waals surface area contributed by atoms with Crippen molar-refractivity contribution in [2.45, 2.75) is 43.7 Å². The van der Waals surface area contributed by atoms with Crippen molar-refractivity contribution in [1.29, 1.82) is 0 Å². The van der Waals surface area contributed by atoms with Crippen molar-refractivity contribution in [3.8, 4) is 0 Å². The smallest absolute Gasteiger partial charge is 0.315 e. The summed E-state index contributed by atoms with van der Waals surface area (Å²) in [6, 6.07) is 6.47. The Hall–Kier alpha value is -1.88. The lowest BCUT2D eigenvalue weighted by Crippen LogP contribution is -2.46. The van der Waals surface area contributed by atoms with Gasteiger partial charge < -0.3 is 15.7 Å². The zero-order valence-electron chi connectivity index (χ0n) is 13.0. The van der Waals surface area contributed by atoms with Crippen LogP contribution in [0.25, 0.3) is 0 Å². The largest absolute Gasteiger partial charge is 0.396 e. The van der Waals surface area contributed by atoms with Gasteiger partial charge in [-0.05, 0) is 37.0 Å². The number of hydrogen-bond donors (Lipinski definition) is 3. The van der Waals surface area contributed by atoms with Gasteiger partial charge in [-0.25, -0.2) is 9.18 Å². The maximum Gasteiger partial charge on any atom is 0.315 e. The number of carbonyl (C=O) groups excluding carboxylic acids is 1. The Morgan fingerprint density at radius 2 is 1.96 bits per heavy atom. The summed E-state index contributed by atoms with van der Waals surface area (Å²) >= 11 is 0. The third-order valence-electron chi connectivity index (χ3n) is 4.85. The molecule has 5 heteroatoms. The molecule has 124 valence electrons. The van der Waals surface area contributed by atoms with E-state index in [4.69, 9.17) is 5.11 Å². The van der Waals surface area contributed by atoms with E-state index in [1.807, 2.05) is 24.3 Å². The quantitative estimate of drug-likeness (QED) is 0.748. The first-order valence-corrected chi connectivity index (χ1v) is 8.27. The van der Waals surface area contributed by atoms with Crippen molar-refractivity contribution in [2.24, 2.45) is 5.92 Å². The van der Waals surface area contributed by atoms with Crippen LogP contribution in [0.15, 0.2) is 36.4 Å². The minimum Gasteiger partial charge on any atom is -0.396 e. The van der Waals surface area contributed by atoms with E-state index in [1.165, 1.54) is 12.1 Å². The highest BCUT2D eigenvalue weighted by Gasteiger charge is 2.30. The minimum absolute atomic E-state index is 0.0159. The minimum atomic E-state index is -0.236. The van der Waals surface area contributed by atoms with Crippen LogP contribution in [0.3, 0.4) is 0 Å². The maximum atomic E-state index is 13.1. The highest BCUT2D eigenvalue weighted by atomic mass is 19.1. The van der Waals surface area contributed by atoms with Gasteiger partial charge in [-0.15, -0.1) is 0 Å². The Morgan fingerprint density at radius 1 is 1.17 bits per heavy atom. The van der Waals surface area contributed by atoms with Crippen LogP contribution in [-0.4, -0.2) is 29.8 Å². The Labute approximate surface area is 135 Å². The molecule has 0 aliphatic heterocycles. The molecule has 0 heterocycles. The van der Waals surface area contributed by atoms with Gasteiger partial charge in [-0.2, -0.15) is 0 Å². The Morgan fingerprint density at radius 3 is 2.65 bits per heavy atom. The molecule has 0 radical (unpaired) electrons. The van der Waals surface area contributed by atoms with Gasteiger partial charge in [0, 0.05) is 30.5 Å². The second-order valence-corrected chi connectivity index (χ2v) is 6.48. The molecule has 2 unspecified atom stereocenters. The first-order chi connectivity index (χ1) is 11.2. The van der Waals surface area contributed by atoms with Gasteiger partial charge >= 0.3 is 6.03 Å². The molecule has 1 fully saturated rings. The number of carbonyl (C=O) groups is 1. The number of urea groups is 1. The predicted octanol–water partition coefficient (Wildman–Crippen LogP) is 2.70. The highest BCUT2D eigenvalue weighted by Crippen LogP contribution is 2.34. The standard InChI is InChI=1S/C18H23FN2O2/c19-14-7-5-13(6-8-14)16-2-1-3-17(16)21-18(23)20-15-9-4-12(10-15)11-22/h4-9,12,15-17,22H,1-3,10-11H2,(H2,20,21,23)/t12-,15+,16?,17?/m0/s1. The Balaban J connectivity index is 1.55. The summed E-state index contributed by atoms with van der Waals surface area (Å²) in [5, 5.41) is 15.1. The fourth-order valence-electron chi connectivity index (χ4n) is 3.64. The average molecular weight is 318 g/mol. The monoisotopic (exact) mass is 318 g/mol. The number of nitrogens with one attached hydrogen (secondary N) is 2. The topological polar surface area (TPSA) is 61.4 Å². The number of hydrogen-bond acceptors (Lipinski definition) is 2. The van der Waals surface area contributed by atoms with Gasteiger partial charge in [0.05, 0.1) is 0 Å². The summed E-state index contributed by atoms with van der Waals surface area (Å²) < 4.78 is 13.1. The Bertz CT molecular complexity index is 573. The molecule has 4 atom stereocenters. The molecule has 2 amide bonds. The molecule has 3 N–H and O–H groups in total. The van der Waals surface area contributed by atoms with Crippen molar-refractivity contribution >= 4 is 6.03 Å². The SMILES string of the molecule is O=C(NC1CCCC1c1ccc(F)cc1)N[C@@H]1C=C[C@H](CO)C1. The second kappa shape index (κ2) is 7.13. The third kappa shape index (κ3) is 3.91. The molecule has 2 aliphatic rings. The normalized spacial score (nSPS) is 29.7. The van der Waals surface area contributed by atoms with Gasteiger partial charge in [0.1, 0.15) is 5.82 Å².